The Morgan fingerprint density at radius 1 is 1.24 bits per heavy atom. The van der Waals surface area contributed by atoms with Crippen LogP contribution < -0.4 is 4.74 Å². The summed E-state index contributed by atoms with van der Waals surface area (Å²) in [6.45, 7) is 3.67. The van der Waals surface area contributed by atoms with Crippen LogP contribution in [0.5, 0.6) is 11.5 Å². The summed E-state index contributed by atoms with van der Waals surface area (Å²) in [5.74, 6) is 1.06. The lowest BCUT2D eigenvalue weighted by atomic mass is 9.91. The summed E-state index contributed by atoms with van der Waals surface area (Å²) >= 11 is 0. The fourth-order valence-corrected chi connectivity index (χ4v) is 2.78. The van der Waals surface area contributed by atoms with Gasteiger partial charge in [-0.15, -0.1) is 0 Å². The number of nitriles is 1. The zero-order valence-electron chi connectivity index (χ0n) is 14.4. The third-order valence-corrected chi connectivity index (χ3v) is 4.20. The van der Waals surface area contributed by atoms with Crippen LogP contribution in [0.25, 0.3) is 0 Å². The lowest BCUT2D eigenvalue weighted by molar-refractivity contribution is 0.0939. The highest BCUT2D eigenvalue weighted by atomic mass is 16.5. The Morgan fingerprint density at radius 3 is 2.68 bits per heavy atom. The molecule has 3 aromatic rings. The Kier molecular flexibility index (Phi) is 4.30. The molecule has 0 aliphatic carbocycles. The molecule has 0 aliphatic rings. The minimum Gasteiger partial charge on any atom is -0.456 e. The van der Waals surface area contributed by atoms with E-state index < -0.39 is 5.60 Å². The zero-order valence-corrected chi connectivity index (χ0v) is 14.4. The molecule has 5 heteroatoms. The van der Waals surface area contributed by atoms with Gasteiger partial charge in [0.1, 0.15) is 23.2 Å². The number of hydrogen-bond donors (Lipinski definition) is 1. The highest BCUT2D eigenvalue weighted by molar-refractivity contribution is 5.50. The lowest BCUT2D eigenvalue weighted by Crippen LogP contribution is -2.25. The van der Waals surface area contributed by atoms with Gasteiger partial charge in [-0.05, 0) is 49.2 Å². The van der Waals surface area contributed by atoms with Gasteiger partial charge in [-0.2, -0.15) is 5.26 Å². The number of benzene rings is 2. The maximum absolute atomic E-state index is 11.0. The van der Waals surface area contributed by atoms with E-state index in [1.807, 2.05) is 38.2 Å². The fraction of sp³-hybridized carbons (Fsp3) is 0.200. The third kappa shape index (κ3) is 3.25. The van der Waals surface area contributed by atoms with E-state index in [0.717, 1.165) is 5.56 Å². The van der Waals surface area contributed by atoms with E-state index in [2.05, 4.69) is 11.1 Å². The van der Waals surface area contributed by atoms with E-state index in [4.69, 9.17) is 4.74 Å². The number of rotatable bonds is 4. The maximum Gasteiger partial charge on any atom is 0.145 e. The molecule has 1 aromatic heterocycles. The van der Waals surface area contributed by atoms with Crippen LogP contribution in [0.4, 0.5) is 0 Å². The molecule has 0 amide bonds. The predicted octanol–water partition coefficient (Wildman–Crippen LogP) is 3.65. The number of aromatic nitrogens is 2. The van der Waals surface area contributed by atoms with Crippen LogP contribution >= 0.6 is 0 Å². The van der Waals surface area contributed by atoms with E-state index in [9.17, 15) is 10.4 Å². The normalized spacial score (nSPS) is 13.1. The van der Waals surface area contributed by atoms with Crippen LogP contribution in [0.2, 0.25) is 0 Å². The minimum atomic E-state index is -1.26. The third-order valence-electron chi connectivity index (χ3n) is 4.20. The molecule has 1 N–H and O–H groups in total. The molecule has 3 rings (SSSR count). The number of hydrogen-bond acceptors (Lipinski definition) is 4. The van der Waals surface area contributed by atoms with Crippen molar-refractivity contribution in [3.63, 3.8) is 0 Å². The molecule has 0 saturated carbocycles. The van der Waals surface area contributed by atoms with E-state index in [1.165, 1.54) is 0 Å². The molecule has 126 valence electrons. The average Bonchev–Trinajstić information content (AvgIpc) is 3.01. The second-order valence-corrected chi connectivity index (χ2v) is 6.20. The smallest absolute Gasteiger partial charge is 0.145 e. The van der Waals surface area contributed by atoms with E-state index in [0.29, 0.717) is 28.3 Å². The Hall–Kier alpha value is -3.10. The maximum atomic E-state index is 11.0. The van der Waals surface area contributed by atoms with Crippen molar-refractivity contribution in [2.45, 2.75) is 19.4 Å². The first-order valence-electron chi connectivity index (χ1n) is 7.90. The largest absolute Gasteiger partial charge is 0.456 e. The summed E-state index contributed by atoms with van der Waals surface area (Å²) in [6.07, 6.45) is 3.26. The summed E-state index contributed by atoms with van der Waals surface area (Å²) in [5, 5.41) is 20.4. The highest BCUT2D eigenvalue weighted by Gasteiger charge is 2.29. The molecule has 2 aromatic carbocycles. The van der Waals surface area contributed by atoms with Crippen molar-refractivity contribution >= 4 is 0 Å². The monoisotopic (exact) mass is 333 g/mol. The van der Waals surface area contributed by atoms with Gasteiger partial charge in [0.15, 0.2) is 0 Å². The summed E-state index contributed by atoms with van der Waals surface area (Å²) in [7, 11) is 1.82. The number of aryl methyl sites for hydroxylation is 2. The van der Waals surface area contributed by atoms with Crippen molar-refractivity contribution in [2.75, 3.05) is 0 Å². The quantitative estimate of drug-likeness (QED) is 0.791. The first-order valence-corrected chi connectivity index (χ1v) is 7.90. The SMILES string of the molecule is Cc1cccc(Oc2cc(C(C)(O)c3cncn3C)ccc2C#N)c1. The molecule has 0 aliphatic heterocycles. The van der Waals surface area contributed by atoms with Crippen molar-refractivity contribution in [3.05, 3.63) is 77.4 Å². The van der Waals surface area contributed by atoms with Crippen LogP contribution in [0.1, 0.15) is 29.3 Å². The minimum absolute atomic E-state index is 0.408. The lowest BCUT2D eigenvalue weighted by Gasteiger charge is -2.25. The Labute approximate surface area is 146 Å². The zero-order chi connectivity index (χ0) is 18.0. The van der Waals surface area contributed by atoms with Gasteiger partial charge in [-0.1, -0.05) is 18.2 Å². The van der Waals surface area contributed by atoms with Crippen molar-refractivity contribution in [2.24, 2.45) is 7.05 Å². The van der Waals surface area contributed by atoms with Crippen LogP contribution in [0.3, 0.4) is 0 Å². The van der Waals surface area contributed by atoms with Crippen LogP contribution in [0.15, 0.2) is 55.0 Å². The standard InChI is InChI=1S/C20H19N3O2/c1-14-5-4-6-17(9-14)25-18-10-16(8-7-15(18)11-21)20(2,24)19-12-22-13-23(19)3/h4-10,12-13,24H,1-3H3. The fourth-order valence-electron chi connectivity index (χ4n) is 2.78. The molecule has 0 bridgehead atoms. The summed E-state index contributed by atoms with van der Waals surface area (Å²) in [6, 6.07) is 14.8. The second-order valence-electron chi connectivity index (χ2n) is 6.20. The highest BCUT2D eigenvalue weighted by Crippen LogP contribution is 2.34. The number of aliphatic hydroxyl groups is 1. The summed E-state index contributed by atoms with van der Waals surface area (Å²) < 4.78 is 7.67. The number of ether oxygens (including phenoxy) is 1. The van der Waals surface area contributed by atoms with Crippen molar-refractivity contribution < 1.29 is 9.84 Å². The van der Waals surface area contributed by atoms with Crippen molar-refractivity contribution in [1.29, 1.82) is 5.26 Å². The van der Waals surface area contributed by atoms with Crippen LogP contribution in [-0.4, -0.2) is 14.7 Å². The van der Waals surface area contributed by atoms with E-state index in [-0.39, 0.29) is 0 Å². The number of nitrogens with zero attached hydrogens (tertiary/aromatic N) is 3. The first-order chi connectivity index (χ1) is 11.9. The Bertz CT molecular complexity index is 952. The van der Waals surface area contributed by atoms with Crippen molar-refractivity contribution in [1.82, 2.24) is 9.55 Å². The van der Waals surface area contributed by atoms with Crippen LogP contribution in [0, 0.1) is 18.3 Å². The molecular weight excluding hydrogens is 314 g/mol. The second kappa shape index (κ2) is 6.42. The van der Waals surface area contributed by atoms with Gasteiger partial charge < -0.3 is 14.4 Å². The average molecular weight is 333 g/mol. The Balaban J connectivity index is 2.03. The molecule has 5 nitrogen and oxygen atoms in total. The van der Waals surface area contributed by atoms with Gasteiger partial charge in [-0.25, -0.2) is 4.98 Å². The first kappa shape index (κ1) is 16.7. The predicted molar refractivity (Wildman–Crippen MR) is 94.3 cm³/mol. The molecule has 1 unspecified atom stereocenters. The van der Waals surface area contributed by atoms with Gasteiger partial charge in [0.2, 0.25) is 0 Å². The van der Waals surface area contributed by atoms with Gasteiger partial charge in [0.25, 0.3) is 0 Å². The molecular formula is C20H19N3O2. The van der Waals surface area contributed by atoms with E-state index in [1.54, 1.807) is 42.2 Å². The molecule has 0 saturated heterocycles. The van der Waals surface area contributed by atoms with E-state index >= 15 is 0 Å². The molecule has 1 atom stereocenters. The van der Waals surface area contributed by atoms with Gasteiger partial charge in [-0.3, -0.25) is 0 Å². The summed E-state index contributed by atoms with van der Waals surface area (Å²) in [5.41, 5.74) is 1.49. The molecule has 0 fully saturated rings. The van der Waals surface area contributed by atoms with Crippen molar-refractivity contribution in [3.8, 4) is 17.6 Å². The summed E-state index contributed by atoms with van der Waals surface area (Å²) in [4.78, 5) is 4.07. The topological polar surface area (TPSA) is 71.1 Å². The molecule has 0 spiro atoms. The molecule has 25 heavy (non-hydrogen) atoms. The van der Waals surface area contributed by atoms with Gasteiger partial charge in [0.05, 0.1) is 23.8 Å². The van der Waals surface area contributed by atoms with Gasteiger partial charge in [0, 0.05) is 7.05 Å². The molecule has 1 heterocycles. The molecule has 0 radical (unpaired) electrons. The van der Waals surface area contributed by atoms with Gasteiger partial charge >= 0.3 is 0 Å². The Morgan fingerprint density at radius 2 is 2.04 bits per heavy atom. The number of imidazole rings is 1. The van der Waals surface area contributed by atoms with Crippen LogP contribution in [-0.2, 0) is 12.6 Å².